The summed E-state index contributed by atoms with van der Waals surface area (Å²) in [6.07, 6.45) is 3.50. The summed E-state index contributed by atoms with van der Waals surface area (Å²) in [4.78, 5) is 48.5. The number of ketones is 1. The highest BCUT2D eigenvalue weighted by Gasteiger charge is 2.21. The van der Waals surface area contributed by atoms with E-state index in [1.165, 1.54) is 24.4 Å². The van der Waals surface area contributed by atoms with Crippen LogP contribution in [0.1, 0.15) is 40.4 Å². The number of Topliss-reactive ketones (excluding diaryl/α,β-unsaturated/α-hetero) is 1. The third kappa shape index (κ3) is 9.25. The summed E-state index contributed by atoms with van der Waals surface area (Å²) >= 11 is 0. The average molecular weight is 660 g/mol. The van der Waals surface area contributed by atoms with E-state index in [2.05, 4.69) is 20.2 Å². The molecule has 0 radical (unpaired) electrons. The predicted octanol–water partition coefficient (Wildman–Crippen LogP) is 5.70. The molecule has 2 N–H and O–H groups in total. The molecule has 0 spiro atoms. The number of aromatic nitrogens is 2. The number of hydrogen-bond donors (Lipinski definition) is 2. The minimum absolute atomic E-state index is 0.0273. The minimum atomic E-state index is -0.641. The number of aryl methyl sites for hydroxylation is 1. The molecular weight excluding hydrogens is 620 g/mol. The van der Waals surface area contributed by atoms with Gasteiger partial charge in [-0.3, -0.25) is 19.5 Å². The van der Waals surface area contributed by atoms with Crippen LogP contribution < -0.4 is 10.1 Å². The Labute approximate surface area is 278 Å². The van der Waals surface area contributed by atoms with Crippen molar-refractivity contribution in [2.75, 3.05) is 45.9 Å². The number of rotatable bonds is 13. The lowest BCUT2D eigenvalue weighted by Crippen LogP contribution is -2.49. The lowest BCUT2D eigenvalue weighted by atomic mass is 10.0. The van der Waals surface area contributed by atoms with Crippen LogP contribution in [0.5, 0.6) is 11.5 Å². The SMILES string of the molecule is CCOC(=O)N1CCN(CCCNC(=O)c2c[nH]c(-c3cc(Oc4ccc(CC(=O)Cc5cc(C)ccc5F)cc4F)ccn3)c2)CC1. The van der Waals surface area contributed by atoms with Crippen LogP contribution >= 0.6 is 0 Å². The van der Waals surface area contributed by atoms with Gasteiger partial charge < -0.3 is 24.7 Å². The first-order valence-electron chi connectivity index (χ1n) is 16.0. The van der Waals surface area contributed by atoms with Gasteiger partial charge in [0.15, 0.2) is 11.6 Å². The van der Waals surface area contributed by atoms with Gasteiger partial charge in [0.2, 0.25) is 0 Å². The summed E-state index contributed by atoms with van der Waals surface area (Å²) in [5.41, 5.74) is 3.17. The monoisotopic (exact) mass is 659 g/mol. The van der Waals surface area contributed by atoms with Gasteiger partial charge in [-0.2, -0.15) is 0 Å². The fraction of sp³-hybridized carbons (Fsp3) is 0.333. The molecule has 2 aromatic carbocycles. The Kier molecular flexibility index (Phi) is 11.5. The Morgan fingerprint density at radius 1 is 0.958 bits per heavy atom. The second kappa shape index (κ2) is 16.1. The van der Waals surface area contributed by atoms with Crippen molar-refractivity contribution in [2.24, 2.45) is 0 Å². The molecule has 2 amide bonds. The molecule has 0 aliphatic carbocycles. The zero-order valence-electron chi connectivity index (χ0n) is 27.1. The number of carbonyl (C=O) groups is 3. The Balaban J connectivity index is 1.09. The first-order valence-corrected chi connectivity index (χ1v) is 16.0. The second-order valence-electron chi connectivity index (χ2n) is 11.7. The van der Waals surface area contributed by atoms with Crippen LogP contribution in [-0.2, 0) is 22.4 Å². The van der Waals surface area contributed by atoms with Crippen molar-refractivity contribution in [3.63, 3.8) is 0 Å². The summed E-state index contributed by atoms with van der Waals surface area (Å²) in [7, 11) is 0. The number of H-pyrrole nitrogens is 1. The van der Waals surface area contributed by atoms with Crippen LogP contribution in [0.2, 0.25) is 0 Å². The van der Waals surface area contributed by atoms with E-state index in [1.807, 2.05) is 6.92 Å². The topological polar surface area (TPSA) is 117 Å². The molecule has 0 saturated carbocycles. The zero-order valence-corrected chi connectivity index (χ0v) is 27.1. The number of aromatic amines is 1. The van der Waals surface area contributed by atoms with E-state index >= 15 is 0 Å². The van der Waals surface area contributed by atoms with Crippen LogP contribution in [0.15, 0.2) is 67.0 Å². The van der Waals surface area contributed by atoms with Crippen molar-refractivity contribution >= 4 is 17.8 Å². The maximum absolute atomic E-state index is 15.0. The summed E-state index contributed by atoms with van der Waals surface area (Å²) < 4.78 is 39.9. The highest BCUT2D eigenvalue weighted by Crippen LogP contribution is 2.28. The molecule has 1 aliphatic rings. The van der Waals surface area contributed by atoms with Crippen LogP contribution in [0.3, 0.4) is 0 Å². The third-order valence-corrected chi connectivity index (χ3v) is 8.00. The molecule has 252 valence electrons. The molecule has 0 unspecified atom stereocenters. The van der Waals surface area contributed by atoms with Gasteiger partial charge in [0.25, 0.3) is 5.91 Å². The number of amides is 2. The molecule has 4 aromatic rings. The molecule has 3 heterocycles. The van der Waals surface area contributed by atoms with E-state index in [0.29, 0.717) is 60.1 Å². The molecule has 48 heavy (non-hydrogen) atoms. The molecule has 12 heteroatoms. The Bertz CT molecular complexity index is 1750. The smallest absolute Gasteiger partial charge is 0.409 e. The van der Waals surface area contributed by atoms with E-state index in [4.69, 9.17) is 9.47 Å². The van der Waals surface area contributed by atoms with E-state index in [1.54, 1.807) is 54.4 Å². The van der Waals surface area contributed by atoms with Crippen LogP contribution in [-0.4, -0.2) is 83.4 Å². The van der Waals surface area contributed by atoms with Gasteiger partial charge >= 0.3 is 6.09 Å². The van der Waals surface area contributed by atoms with Gasteiger partial charge in [-0.05, 0) is 68.3 Å². The highest BCUT2D eigenvalue weighted by molar-refractivity contribution is 5.95. The van der Waals surface area contributed by atoms with Crippen molar-refractivity contribution in [3.05, 3.63) is 101 Å². The standard InChI is InChI=1S/C36H39F2N5O5/c1-3-47-36(46)43-15-13-42(14-16-43)12-4-10-40-35(45)27-21-32(41-23-27)33-22-29(9-11-39-33)48-34-8-6-25(19-31(34)38)18-28(44)20-26-17-24(2)5-7-30(26)37/h5-9,11,17,19,21-23,41H,3-4,10,12-16,18,20H2,1-2H3,(H,40,45). The van der Waals surface area contributed by atoms with E-state index < -0.39 is 11.6 Å². The number of halogens is 2. The van der Waals surface area contributed by atoms with Gasteiger partial charge in [-0.25, -0.2) is 13.6 Å². The molecule has 10 nitrogen and oxygen atoms in total. The third-order valence-electron chi connectivity index (χ3n) is 8.00. The second-order valence-corrected chi connectivity index (χ2v) is 11.7. The van der Waals surface area contributed by atoms with Gasteiger partial charge in [0.1, 0.15) is 17.3 Å². The Morgan fingerprint density at radius 2 is 1.77 bits per heavy atom. The highest BCUT2D eigenvalue weighted by atomic mass is 19.1. The van der Waals surface area contributed by atoms with Gasteiger partial charge in [-0.15, -0.1) is 0 Å². The maximum Gasteiger partial charge on any atom is 0.409 e. The van der Waals surface area contributed by atoms with Crippen molar-refractivity contribution in [3.8, 4) is 22.9 Å². The Hall–Kier alpha value is -5.10. The van der Waals surface area contributed by atoms with Crippen LogP contribution in [0.25, 0.3) is 11.4 Å². The number of nitrogens with one attached hydrogen (secondary N) is 2. The summed E-state index contributed by atoms with van der Waals surface area (Å²) in [6.45, 7) is 8.07. The fourth-order valence-corrected chi connectivity index (χ4v) is 5.48. The number of carbonyl (C=O) groups excluding carboxylic acids is 3. The number of hydrogen-bond acceptors (Lipinski definition) is 7. The quantitative estimate of drug-likeness (QED) is 0.177. The van der Waals surface area contributed by atoms with Gasteiger partial charge in [0.05, 0.1) is 23.6 Å². The number of benzene rings is 2. The average Bonchev–Trinajstić information content (AvgIpc) is 3.57. The molecule has 1 fully saturated rings. The molecule has 1 saturated heterocycles. The van der Waals surface area contributed by atoms with Crippen molar-refractivity contribution in [1.82, 2.24) is 25.1 Å². The maximum atomic E-state index is 15.0. The van der Waals surface area contributed by atoms with Crippen molar-refractivity contribution in [1.29, 1.82) is 0 Å². The van der Waals surface area contributed by atoms with Gasteiger partial charge in [-0.1, -0.05) is 23.8 Å². The van der Waals surface area contributed by atoms with Crippen molar-refractivity contribution in [2.45, 2.75) is 33.1 Å². The molecule has 1 aliphatic heterocycles. The summed E-state index contributed by atoms with van der Waals surface area (Å²) in [6, 6.07) is 13.8. The first kappa shape index (κ1) is 34.2. The molecule has 5 rings (SSSR count). The van der Waals surface area contributed by atoms with Crippen LogP contribution in [0.4, 0.5) is 13.6 Å². The molecular formula is C36H39F2N5O5. The predicted molar refractivity (Wildman–Crippen MR) is 176 cm³/mol. The first-order chi connectivity index (χ1) is 23.2. The van der Waals surface area contributed by atoms with Gasteiger partial charge in [0, 0.05) is 64.0 Å². The van der Waals surface area contributed by atoms with E-state index in [-0.39, 0.29) is 36.4 Å². The normalized spacial score (nSPS) is 13.3. The fourth-order valence-electron chi connectivity index (χ4n) is 5.48. The Morgan fingerprint density at radius 3 is 2.54 bits per heavy atom. The lowest BCUT2D eigenvalue weighted by Gasteiger charge is -2.33. The minimum Gasteiger partial charge on any atom is -0.454 e. The number of pyridine rings is 1. The molecule has 0 atom stereocenters. The summed E-state index contributed by atoms with van der Waals surface area (Å²) in [5, 5.41) is 2.94. The van der Waals surface area contributed by atoms with Crippen molar-refractivity contribution < 1.29 is 32.6 Å². The lowest BCUT2D eigenvalue weighted by molar-refractivity contribution is -0.117. The number of piperazine rings is 1. The van der Waals surface area contributed by atoms with Crippen LogP contribution in [0, 0.1) is 18.6 Å². The summed E-state index contributed by atoms with van der Waals surface area (Å²) in [5.74, 6) is -1.22. The van der Waals surface area contributed by atoms with E-state index in [0.717, 1.165) is 31.6 Å². The van der Waals surface area contributed by atoms with E-state index in [9.17, 15) is 23.2 Å². The molecule has 0 bridgehead atoms. The largest absolute Gasteiger partial charge is 0.454 e. The number of ether oxygens (including phenoxy) is 2. The molecule has 2 aromatic heterocycles. The number of nitrogens with zero attached hydrogens (tertiary/aromatic N) is 3. The zero-order chi connectivity index (χ0) is 34.0.